The van der Waals surface area contributed by atoms with Crippen molar-refractivity contribution in [3.8, 4) is 0 Å². The molecule has 2 aromatic rings. The molecule has 2 fully saturated rings. The van der Waals surface area contributed by atoms with Crippen LogP contribution in [0.15, 0.2) is 42.6 Å². The summed E-state index contributed by atoms with van der Waals surface area (Å²) in [5.41, 5.74) is -1.14. The summed E-state index contributed by atoms with van der Waals surface area (Å²) >= 11 is 0. The zero-order valence-corrected chi connectivity index (χ0v) is 22.2. The molecule has 212 valence electrons. The van der Waals surface area contributed by atoms with Crippen molar-refractivity contribution >= 4 is 17.6 Å². The molecule has 11 heteroatoms. The first kappa shape index (κ1) is 28.8. The highest BCUT2D eigenvalue weighted by atomic mass is 19.4. The standard InChI is InChI=1S/C28H36F3N5O3/c1-18(2)34-24-7-6-21(15-32-24)27(39)11-8-23(9-12-27)36-13-10-22(17-36)35-25(37)16-33-26(38)19-4-3-5-20(14-19)28(29,30)31/h3-7,14-15,18,22-23,39H,8-13,16-17H2,1-2H3,(H,32,34)(H,33,38)(H,35,37). The van der Waals surface area contributed by atoms with Gasteiger partial charge in [-0.1, -0.05) is 12.1 Å². The van der Waals surface area contributed by atoms with Crippen LogP contribution in [0.4, 0.5) is 19.0 Å². The second-order valence-corrected chi connectivity index (χ2v) is 10.8. The first-order valence-corrected chi connectivity index (χ1v) is 13.4. The maximum Gasteiger partial charge on any atom is 0.416 e. The lowest BCUT2D eigenvalue weighted by Gasteiger charge is -2.39. The van der Waals surface area contributed by atoms with Gasteiger partial charge in [-0.25, -0.2) is 4.98 Å². The maximum atomic E-state index is 12.9. The number of benzene rings is 1. The van der Waals surface area contributed by atoms with Crippen LogP contribution in [0.25, 0.3) is 0 Å². The number of pyridine rings is 1. The minimum absolute atomic E-state index is 0.0750. The SMILES string of the molecule is CC(C)Nc1ccc(C2(O)CCC(N3CCC(NC(=O)CNC(=O)c4cccc(C(F)(F)F)c4)C3)CC2)cn1. The van der Waals surface area contributed by atoms with E-state index >= 15 is 0 Å². The van der Waals surface area contributed by atoms with Gasteiger partial charge in [0, 0.05) is 48.5 Å². The van der Waals surface area contributed by atoms with Crippen LogP contribution in [-0.2, 0) is 16.6 Å². The van der Waals surface area contributed by atoms with Crippen molar-refractivity contribution in [2.45, 2.75) is 75.9 Å². The lowest BCUT2D eigenvalue weighted by molar-refractivity contribution is -0.137. The molecule has 0 bridgehead atoms. The number of alkyl halides is 3. The van der Waals surface area contributed by atoms with E-state index in [0.29, 0.717) is 25.4 Å². The van der Waals surface area contributed by atoms with Crippen molar-refractivity contribution in [1.82, 2.24) is 20.5 Å². The molecule has 1 aliphatic carbocycles. The number of nitrogens with one attached hydrogen (secondary N) is 3. The first-order valence-electron chi connectivity index (χ1n) is 13.4. The Labute approximate surface area is 226 Å². The van der Waals surface area contributed by atoms with Crippen LogP contribution in [0, 0.1) is 0 Å². The number of rotatable bonds is 8. The van der Waals surface area contributed by atoms with Crippen LogP contribution in [0.1, 0.15) is 67.4 Å². The molecule has 8 nitrogen and oxygen atoms in total. The van der Waals surface area contributed by atoms with E-state index < -0.39 is 23.2 Å². The number of likely N-dealkylation sites (tertiary alicyclic amines) is 1. The number of carbonyl (C=O) groups is 2. The second-order valence-electron chi connectivity index (χ2n) is 10.8. The number of hydrogen-bond acceptors (Lipinski definition) is 6. The summed E-state index contributed by atoms with van der Waals surface area (Å²) in [4.78, 5) is 31.4. The van der Waals surface area contributed by atoms with Gasteiger partial charge in [-0.3, -0.25) is 14.5 Å². The fourth-order valence-corrected chi connectivity index (χ4v) is 5.40. The Balaban J connectivity index is 1.21. The minimum atomic E-state index is -4.55. The van der Waals surface area contributed by atoms with Gasteiger partial charge >= 0.3 is 6.18 Å². The van der Waals surface area contributed by atoms with Crippen LogP contribution < -0.4 is 16.0 Å². The average molecular weight is 548 g/mol. The zero-order chi connectivity index (χ0) is 28.2. The van der Waals surface area contributed by atoms with E-state index in [0.717, 1.165) is 55.4 Å². The highest BCUT2D eigenvalue weighted by Crippen LogP contribution is 2.39. The summed E-state index contributed by atoms with van der Waals surface area (Å²) in [7, 11) is 0. The van der Waals surface area contributed by atoms with Crippen molar-refractivity contribution in [2.24, 2.45) is 0 Å². The van der Waals surface area contributed by atoms with Gasteiger partial charge in [0.05, 0.1) is 17.7 Å². The molecular weight excluding hydrogens is 511 g/mol. The Morgan fingerprint density at radius 2 is 1.90 bits per heavy atom. The highest BCUT2D eigenvalue weighted by Gasteiger charge is 2.39. The van der Waals surface area contributed by atoms with E-state index in [1.165, 1.54) is 6.07 Å². The number of nitrogens with zero attached hydrogens (tertiary/aromatic N) is 2. The lowest BCUT2D eigenvalue weighted by Crippen LogP contribution is -2.45. The maximum absolute atomic E-state index is 12.9. The summed E-state index contributed by atoms with van der Waals surface area (Å²) < 4.78 is 38.7. The molecular formula is C28H36F3N5O3. The molecule has 1 atom stereocenters. The number of halogens is 3. The van der Waals surface area contributed by atoms with Gasteiger partial charge in [-0.2, -0.15) is 13.2 Å². The van der Waals surface area contributed by atoms with Crippen molar-refractivity contribution in [3.63, 3.8) is 0 Å². The first-order chi connectivity index (χ1) is 18.4. The van der Waals surface area contributed by atoms with E-state index in [-0.39, 0.29) is 30.1 Å². The summed E-state index contributed by atoms with van der Waals surface area (Å²) in [6.07, 6.45) is 0.885. The molecule has 4 rings (SSSR count). The van der Waals surface area contributed by atoms with Crippen molar-refractivity contribution < 1.29 is 27.9 Å². The van der Waals surface area contributed by atoms with Gasteiger partial charge in [-0.05, 0) is 70.2 Å². The molecule has 1 aliphatic heterocycles. The topological polar surface area (TPSA) is 107 Å². The van der Waals surface area contributed by atoms with Gasteiger partial charge < -0.3 is 21.1 Å². The normalized spacial score (nSPS) is 24.0. The van der Waals surface area contributed by atoms with Crippen LogP contribution >= 0.6 is 0 Å². The molecule has 2 amide bonds. The lowest BCUT2D eigenvalue weighted by atomic mass is 9.78. The van der Waals surface area contributed by atoms with E-state index in [1.54, 1.807) is 6.20 Å². The van der Waals surface area contributed by atoms with Crippen LogP contribution in [0.2, 0.25) is 0 Å². The van der Waals surface area contributed by atoms with Crippen LogP contribution in [0.5, 0.6) is 0 Å². The van der Waals surface area contributed by atoms with E-state index in [1.807, 2.05) is 26.0 Å². The number of aliphatic hydroxyl groups is 1. The van der Waals surface area contributed by atoms with Gasteiger partial charge in [0.25, 0.3) is 5.91 Å². The van der Waals surface area contributed by atoms with Gasteiger partial charge in [0.15, 0.2) is 0 Å². The van der Waals surface area contributed by atoms with Crippen LogP contribution in [0.3, 0.4) is 0 Å². The predicted octanol–water partition coefficient (Wildman–Crippen LogP) is 3.67. The molecule has 1 aromatic heterocycles. The van der Waals surface area contributed by atoms with E-state index in [2.05, 4.69) is 25.8 Å². The van der Waals surface area contributed by atoms with Crippen LogP contribution in [-0.4, -0.2) is 64.6 Å². The summed E-state index contributed by atoms with van der Waals surface area (Å²) in [5.74, 6) is -0.338. The Bertz CT molecular complexity index is 1150. The third-order valence-electron chi connectivity index (χ3n) is 7.48. The number of carbonyl (C=O) groups excluding carboxylic acids is 2. The molecule has 0 radical (unpaired) electrons. The third-order valence-corrected chi connectivity index (χ3v) is 7.48. The van der Waals surface area contributed by atoms with Crippen molar-refractivity contribution in [3.05, 3.63) is 59.3 Å². The number of hydrogen-bond donors (Lipinski definition) is 4. The van der Waals surface area contributed by atoms with E-state index in [4.69, 9.17) is 0 Å². The summed E-state index contributed by atoms with van der Waals surface area (Å²) in [5, 5.41) is 19.8. The Morgan fingerprint density at radius 3 is 2.54 bits per heavy atom. The number of aromatic nitrogens is 1. The molecule has 1 saturated carbocycles. The average Bonchev–Trinajstić information content (AvgIpc) is 3.35. The largest absolute Gasteiger partial charge is 0.416 e. The highest BCUT2D eigenvalue weighted by molar-refractivity contribution is 5.96. The number of anilines is 1. The molecule has 39 heavy (non-hydrogen) atoms. The molecule has 2 heterocycles. The predicted molar refractivity (Wildman–Crippen MR) is 141 cm³/mol. The van der Waals surface area contributed by atoms with Gasteiger partial charge in [-0.15, -0.1) is 0 Å². The fourth-order valence-electron chi connectivity index (χ4n) is 5.40. The molecule has 1 aromatic carbocycles. The summed E-state index contributed by atoms with van der Waals surface area (Å²) in [6, 6.07) is 8.44. The van der Waals surface area contributed by atoms with Crippen molar-refractivity contribution in [2.75, 3.05) is 25.0 Å². The Morgan fingerprint density at radius 1 is 1.15 bits per heavy atom. The minimum Gasteiger partial charge on any atom is -0.385 e. The van der Waals surface area contributed by atoms with Gasteiger partial charge in [0.2, 0.25) is 5.91 Å². The van der Waals surface area contributed by atoms with Crippen molar-refractivity contribution in [1.29, 1.82) is 0 Å². The zero-order valence-electron chi connectivity index (χ0n) is 22.2. The van der Waals surface area contributed by atoms with E-state index in [9.17, 15) is 27.9 Å². The quantitative estimate of drug-likeness (QED) is 0.402. The smallest absolute Gasteiger partial charge is 0.385 e. The second kappa shape index (κ2) is 11.9. The molecule has 0 spiro atoms. The van der Waals surface area contributed by atoms with Gasteiger partial charge in [0.1, 0.15) is 5.82 Å². The Hall–Kier alpha value is -3.18. The molecule has 4 N–H and O–H groups in total. The third kappa shape index (κ3) is 7.48. The number of amides is 2. The molecule has 2 aliphatic rings. The summed E-state index contributed by atoms with van der Waals surface area (Å²) in [6.45, 7) is 5.26. The Kier molecular flexibility index (Phi) is 8.80. The fraction of sp³-hybridized carbons (Fsp3) is 0.536. The molecule has 1 unspecified atom stereocenters. The monoisotopic (exact) mass is 547 g/mol. The molecule has 1 saturated heterocycles.